The van der Waals surface area contributed by atoms with Crippen LogP contribution in [0, 0.1) is 5.82 Å². The maximum absolute atomic E-state index is 13.8. The molecule has 0 unspecified atom stereocenters. The lowest BCUT2D eigenvalue weighted by molar-refractivity contribution is 0.422. The number of halogens is 2. The second-order valence-corrected chi connectivity index (χ2v) is 5.59. The summed E-state index contributed by atoms with van der Waals surface area (Å²) in [5.41, 5.74) is 6.49. The molecule has 0 aliphatic carbocycles. The highest BCUT2D eigenvalue weighted by atomic mass is 35.5. The highest BCUT2D eigenvalue weighted by Gasteiger charge is 2.14. The van der Waals surface area contributed by atoms with Crippen LogP contribution in [0.4, 0.5) is 4.39 Å². The van der Waals surface area contributed by atoms with Gasteiger partial charge in [0.25, 0.3) is 5.89 Å². The standard InChI is InChI=1S/C13H10ClFN4OS/c14-8-3-1-2-7(12(8)15)4-10-18-13(20-19-10)9-6-21-11(5-16)17-9/h1-3,6H,4-5,16H2. The molecule has 0 aliphatic rings. The molecule has 108 valence electrons. The van der Waals surface area contributed by atoms with E-state index in [2.05, 4.69) is 15.1 Å². The molecule has 0 aliphatic heterocycles. The summed E-state index contributed by atoms with van der Waals surface area (Å²) in [6.07, 6.45) is 0.198. The van der Waals surface area contributed by atoms with Gasteiger partial charge in [0, 0.05) is 18.3 Å². The van der Waals surface area contributed by atoms with Gasteiger partial charge in [-0.15, -0.1) is 11.3 Å². The Morgan fingerprint density at radius 1 is 1.33 bits per heavy atom. The molecule has 0 atom stereocenters. The maximum Gasteiger partial charge on any atom is 0.277 e. The molecule has 1 aromatic carbocycles. The Labute approximate surface area is 128 Å². The highest BCUT2D eigenvalue weighted by Crippen LogP contribution is 2.22. The Kier molecular flexibility index (Phi) is 3.96. The first kappa shape index (κ1) is 14.1. The predicted octanol–water partition coefficient (Wildman–Crippen LogP) is 3.04. The molecule has 8 heteroatoms. The van der Waals surface area contributed by atoms with Crippen LogP contribution in [0.15, 0.2) is 28.1 Å². The minimum Gasteiger partial charge on any atom is -0.332 e. The third-order valence-electron chi connectivity index (χ3n) is 2.79. The second kappa shape index (κ2) is 5.88. The van der Waals surface area contributed by atoms with Crippen molar-refractivity contribution < 1.29 is 8.91 Å². The van der Waals surface area contributed by atoms with Crippen molar-refractivity contribution >= 4 is 22.9 Å². The Morgan fingerprint density at radius 2 is 2.19 bits per heavy atom. The molecule has 0 radical (unpaired) electrons. The minimum atomic E-state index is -0.468. The zero-order valence-electron chi connectivity index (χ0n) is 10.7. The van der Waals surface area contributed by atoms with Gasteiger partial charge < -0.3 is 10.3 Å². The number of rotatable bonds is 4. The van der Waals surface area contributed by atoms with Gasteiger partial charge in [0.05, 0.1) is 5.02 Å². The summed E-state index contributed by atoms with van der Waals surface area (Å²) in [5, 5.41) is 6.48. The van der Waals surface area contributed by atoms with Crippen molar-refractivity contribution in [3.63, 3.8) is 0 Å². The van der Waals surface area contributed by atoms with Gasteiger partial charge in [0.2, 0.25) is 0 Å². The molecule has 0 amide bonds. The molecule has 0 spiro atoms. The van der Waals surface area contributed by atoms with Crippen molar-refractivity contribution in [2.45, 2.75) is 13.0 Å². The number of benzene rings is 1. The highest BCUT2D eigenvalue weighted by molar-refractivity contribution is 7.09. The topological polar surface area (TPSA) is 77.8 Å². The zero-order valence-corrected chi connectivity index (χ0v) is 12.3. The molecule has 5 nitrogen and oxygen atoms in total. The number of aromatic nitrogens is 3. The van der Waals surface area contributed by atoms with E-state index in [1.54, 1.807) is 17.5 Å². The third kappa shape index (κ3) is 2.94. The molecular formula is C13H10ClFN4OS. The summed E-state index contributed by atoms with van der Waals surface area (Å²) in [5.74, 6) is 0.196. The van der Waals surface area contributed by atoms with Gasteiger partial charge in [-0.3, -0.25) is 0 Å². The van der Waals surface area contributed by atoms with Crippen LogP contribution in [-0.2, 0) is 13.0 Å². The van der Waals surface area contributed by atoms with Crippen molar-refractivity contribution in [1.29, 1.82) is 0 Å². The van der Waals surface area contributed by atoms with E-state index in [-0.39, 0.29) is 11.4 Å². The fourth-order valence-corrected chi connectivity index (χ4v) is 2.63. The van der Waals surface area contributed by atoms with Gasteiger partial charge in [-0.05, 0) is 11.6 Å². The molecule has 0 saturated heterocycles. The molecule has 2 aromatic heterocycles. The molecule has 2 N–H and O–H groups in total. The SMILES string of the molecule is NCc1nc(-c2nc(Cc3cccc(Cl)c3F)no2)cs1. The van der Waals surface area contributed by atoms with Crippen LogP contribution in [0.25, 0.3) is 11.6 Å². The van der Waals surface area contributed by atoms with Crippen molar-refractivity contribution in [3.8, 4) is 11.6 Å². The lowest BCUT2D eigenvalue weighted by Gasteiger charge is -2.00. The molecule has 2 heterocycles. The monoisotopic (exact) mass is 324 g/mol. The van der Waals surface area contributed by atoms with E-state index in [0.717, 1.165) is 5.01 Å². The second-order valence-electron chi connectivity index (χ2n) is 4.24. The van der Waals surface area contributed by atoms with Gasteiger partial charge in [-0.25, -0.2) is 9.37 Å². The number of thiazole rings is 1. The summed E-state index contributed by atoms with van der Waals surface area (Å²) in [6.45, 7) is 0.361. The molecule has 21 heavy (non-hydrogen) atoms. The maximum atomic E-state index is 13.8. The van der Waals surface area contributed by atoms with Crippen molar-refractivity contribution in [2.75, 3.05) is 0 Å². The molecule has 0 bridgehead atoms. The average Bonchev–Trinajstić information content (AvgIpc) is 3.12. The van der Waals surface area contributed by atoms with Crippen LogP contribution in [0.1, 0.15) is 16.4 Å². The number of nitrogens with two attached hydrogens (primary N) is 1. The predicted molar refractivity (Wildman–Crippen MR) is 77.5 cm³/mol. The summed E-state index contributed by atoms with van der Waals surface area (Å²) in [6, 6.07) is 4.80. The third-order valence-corrected chi connectivity index (χ3v) is 3.96. The van der Waals surface area contributed by atoms with E-state index in [1.807, 2.05) is 0 Å². The molecule has 3 aromatic rings. The lowest BCUT2D eigenvalue weighted by Crippen LogP contribution is -1.96. The van der Waals surface area contributed by atoms with E-state index < -0.39 is 5.82 Å². The molecule has 3 rings (SSSR count). The fourth-order valence-electron chi connectivity index (χ4n) is 1.79. The largest absolute Gasteiger partial charge is 0.332 e. The smallest absolute Gasteiger partial charge is 0.277 e. The van der Waals surface area contributed by atoms with Crippen LogP contribution >= 0.6 is 22.9 Å². The number of nitrogens with zero attached hydrogens (tertiary/aromatic N) is 3. The van der Waals surface area contributed by atoms with Crippen molar-refractivity contribution in [2.24, 2.45) is 5.73 Å². The number of hydrogen-bond donors (Lipinski definition) is 1. The Morgan fingerprint density at radius 3 is 2.95 bits per heavy atom. The van der Waals surface area contributed by atoms with E-state index in [0.29, 0.717) is 29.5 Å². The van der Waals surface area contributed by atoms with Gasteiger partial charge >= 0.3 is 0 Å². The first-order valence-electron chi connectivity index (χ1n) is 6.07. The van der Waals surface area contributed by atoms with Crippen LogP contribution < -0.4 is 5.73 Å². The number of hydrogen-bond acceptors (Lipinski definition) is 6. The van der Waals surface area contributed by atoms with Gasteiger partial charge in [0.15, 0.2) is 5.82 Å². The van der Waals surface area contributed by atoms with Crippen LogP contribution in [-0.4, -0.2) is 15.1 Å². The van der Waals surface area contributed by atoms with Gasteiger partial charge in [0.1, 0.15) is 16.5 Å². The summed E-state index contributed by atoms with van der Waals surface area (Å²) < 4.78 is 19.0. The van der Waals surface area contributed by atoms with E-state index >= 15 is 0 Å². The Hall–Kier alpha value is -1.83. The first-order valence-corrected chi connectivity index (χ1v) is 7.33. The average molecular weight is 325 g/mol. The Bertz CT molecular complexity index is 773. The fraction of sp³-hybridized carbons (Fsp3) is 0.154. The molecular weight excluding hydrogens is 315 g/mol. The van der Waals surface area contributed by atoms with Crippen molar-refractivity contribution in [3.05, 3.63) is 50.8 Å². The first-order chi connectivity index (χ1) is 10.2. The molecule has 0 saturated carbocycles. The van der Waals surface area contributed by atoms with Gasteiger partial charge in [-0.1, -0.05) is 28.9 Å². The van der Waals surface area contributed by atoms with E-state index in [1.165, 1.54) is 17.4 Å². The van der Waals surface area contributed by atoms with Crippen LogP contribution in [0.5, 0.6) is 0 Å². The van der Waals surface area contributed by atoms with Crippen LogP contribution in [0.2, 0.25) is 5.02 Å². The normalized spacial score (nSPS) is 11.0. The quantitative estimate of drug-likeness (QED) is 0.798. The van der Waals surface area contributed by atoms with E-state index in [9.17, 15) is 4.39 Å². The lowest BCUT2D eigenvalue weighted by atomic mass is 10.1. The van der Waals surface area contributed by atoms with E-state index in [4.69, 9.17) is 21.9 Å². The Balaban J connectivity index is 1.83. The summed E-state index contributed by atoms with van der Waals surface area (Å²) in [7, 11) is 0. The zero-order chi connectivity index (χ0) is 14.8. The van der Waals surface area contributed by atoms with Crippen LogP contribution in [0.3, 0.4) is 0 Å². The molecule has 0 fully saturated rings. The summed E-state index contributed by atoms with van der Waals surface area (Å²) >= 11 is 7.16. The van der Waals surface area contributed by atoms with Gasteiger partial charge in [-0.2, -0.15) is 4.98 Å². The minimum absolute atomic E-state index is 0.0725. The van der Waals surface area contributed by atoms with Crippen molar-refractivity contribution in [1.82, 2.24) is 15.1 Å². The summed E-state index contributed by atoms with van der Waals surface area (Å²) in [4.78, 5) is 8.46.